The Hall–Kier alpha value is -3.19. The van der Waals surface area contributed by atoms with Crippen molar-refractivity contribution in [3.8, 4) is 5.75 Å². The van der Waals surface area contributed by atoms with Crippen LogP contribution in [0.4, 0.5) is 10.8 Å². The fourth-order valence-electron chi connectivity index (χ4n) is 2.57. The third kappa shape index (κ3) is 5.15. The van der Waals surface area contributed by atoms with E-state index >= 15 is 0 Å². The number of methoxy groups -OCH3 is 1. The second-order valence-electron chi connectivity index (χ2n) is 5.73. The lowest BCUT2D eigenvalue weighted by Crippen LogP contribution is -2.15. The number of hydrogen-bond acceptors (Lipinski definition) is 5. The highest BCUT2D eigenvalue weighted by molar-refractivity contribution is 7.13. The number of amides is 2. The van der Waals surface area contributed by atoms with Gasteiger partial charge in [-0.15, -0.1) is 11.3 Å². The van der Waals surface area contributed by atoms with Crippen molar-refractivity contribution in [3.05, 3.63) is 71.2 Å². The molecule has 0 bridgehead atoms. The van der Waals surface area contributed by atoms with Gasteiger partial charge in [0.1, 0.15) is 5.75 Å². The number of ether oxygens (including phenoxy) is 1. The topological polar surface area (TPSA) is 80.3 Å². The van der Waals surface area contributed by atoms with Crippen LogP contribution in [0.15, 0.2) is 60.1 Å². The molecular weight excluding hydrogens is 362 g/mol. The Morgan fingerprint density at radius 2 is 1.96 bits per heavy atom. The second kappa shape index (κ2) is 8.95. The van der Waals surface area contributed by atoms with Crippen molar-refractivity contribution in [2.75, 3.05) is 17.7 Å². The number of nitrogens with zero attached hydrogens (tertiary/aromatic N) is 1. The first-order valence-corrected chi connectivity index (χ1v) is 9.26. The highest BCUT2D eigenvalue weighted by Gasteiger charge is 2.10. The van der Waals surface area contributed by atoms with Crippen LogP contribution in [0, 0.1) is 0 Å². The van der Waals surface area contributed by atoms with Gasteiger partial charge in [-0.1, -0.05) is 24.3 Å². The quantitative estimate of drug-likeness (QED) is 0.649. The van der Waals surface area contributed by atoms with Crippen molar-refractivity contribution in [3.63, 3.8) is 0 Å². The minimum absolute atomic E-state index is 0.126. The molecule has 1 heterocycles. The summed E-state index contributed by atoms with van der Waals surface area (Å²) in [5, 5.41) is 7.87. The highest BCUT2D eigenvalue weighted by Crippen LogP contribution is 2.19. The van der Waals surface area contributed by atoms with Crippen LogP contribution >= 0.6 is 11.3 Å². The molecule has 0 radical (unpaired) electrons. The summed E-state index contributed by atoms with van der Waals surface area (Å²) < 4.78 is 5.30. The number of carbonyl (C=O) groups excluding carboxylic acids is 2. The summed E-state index contributed by atoms with van der Waals surface area (Å²) in [4.78, 5) is 28.5. The molecule has 2 aromatic carbocycles. The lowest BCUT2D eigenvalue weighted by molar-refractivity contribution is -0.116. The summed E-state index contributed by atoms with van der Waals surface area (Å²) in [5.74, 6) is 0.375. The van der Waals surface area contributed by atoms with Gasteiger partial charge in [-0.2, -0.15) is 0 Å². The van der Waals surface area contributed by atoms with Gasteiger partial charge in [0.05, 0.1) is 7.11 Å². The summed E-state index contributed by atoms with van der Waals surface area (Å²) in [6, 6.07) is 14.4. The first-order chi connectivity index (χ1) is 13.2. The Morgan fingerprint density at radius 3 is 2.74 bits per heavy atom. The van der Waals surface area contributed by atoms with Crippen LogP contribution in [-0.2, 0) is 11.2 Å². The van der Waals surface area contributed by atoms with Crippen molar-refractivity contribution < 1.29 is 14.3 Å². The smallest absolute Gasteiger partial charge is 0.257 e. The fourth-order valence-corrected chi connectivity index (χ4v) is 3.10. The Morgan fingerprint density at radius 1 is 1.11 bits per heavy atom. The number of hydrogen-bond donors (Lipinski definition) is 2. The lowest BCUT2D eigenvalue weighted by Gasteiger charge is -2.09. The molecule has 27 heavy (non-hydrogen) atoms. The molecule has 0 aliphatic heterocycles. The molecule has 0 unspecified atom stereocenters. The minimum Gasteiger partial charge on any atom is -0.496 e. The van der Waals surface area contributed by atoms with Crippen LogP contribution < -0.4 is 15.4 Å². The maximum atomic E-state index is 12.3. The minimum atomic E-state index is -0.268. The van der Waals surface area contributed by atoms with Crippen LogP contribution in [0.5, 0.6) is 5.75 Å². The van der Waals surface area contributed by atoms with Gasteiger partial charge in [-0.25, -0.2) is 4.98 Å². The molecule has 138 valence electrons. The maximum Gasteiger partial charge on any atom is 0.257 e. The van der Waals surface area contributed by atoms with Crippen LogP contribution in [0.1, 0.15) is 22.3 Å². The molecule has 0 aliphatic carbocycles. The van der Waals surface area contributed by atoms with Crippen LogP contribution in [0.3, 0.4) is 0 Å². The number of nitrogens with one attached hydrogen (secondary N) is 2. The summed E-state index contributed by atoms with van der Waals surface area (Å²) in [6.45, 7) is 0. The van der Waals surface area contributed by atoms with E-state index in [1.54, 1.807) is 43.0 Å². The largest absolute Gasteiger partial charge is 0.496 e. The SMILES string of the molecule is COc1ccccc1CCC(=O)Nc1cccc(C(=O)Nc2nccs2)c1. The Labute approximate surface area is 161 Å². The molecule has 0 atom stereocenters. The number of carbonyl (C=O) groups is 2. The van der Waals surface area contributed by atoms with Crippen molar-refractivity contribution >= 4 is 34.0 Å². The monoisotopic (exact) mass is 381 g/mol. The first kappa shape index (κ1) is 18.6. The average molecular weight is 381 g/mol. The maximum absolute atomic E-state index is 12.3. The van der Waals surface area contributed by atoms with Crippen LogP contribution in [0.2, 0.25) is 0 Å². The van der Waals surface area contributed by atoms with Gasteiger partial charge in [-0.3, -0.25) is 14.9 Å². The Kier molecular flexibility index (Phi) is 6.17. The standard InChI is InChI=1S/C20H19N3O3S/c1-26-17-8-3-2-5-14(17)9-10-18(24)22-16-7-4-6-15(13-16)19(25)23-20-21-11-12-27-20/h2-8,11-13H,9-10H2,1H3,(H,22,24)(H,21,23,25). The molecule has 3 rings (SSSR count). The van der Waals surface area contributed by atoms with E-state index in [9.17, 15) is 9.59 Å². The van der Waals surface area contributed by atoms with Gasteiger partial charge < -0.3 is 10.1 Å². The van der Waals surface area contributed by atoms with E-state index < -0.39 is 0 Å². The zero-order valence-electron chi connectivity index (χ0n) is 14.8. The molecule has 0 saturated heterocycles. The number of para-hydroxylation sites is 1. The van der Waals surface area contributed by atoms with E-state index in [-0.39, 0.29) is 11.8 Å². The van der Waals surface area contributed by atoms with Crippen LogP contribution in [0.25, 0.3) is 0 Å². The summed E-state index contributed by atoms with van der Waals surface area (Å²) in [7, 11) is 1.61. The number of benzene rings is 2. The molecule has 0 saturated carbocycles. The summed E-state index contributed by atoms with van der Waals surface area (Å²) in [6.07, 6.45) is 2.51. The Bertz CT molecular complexity index is 926. The highest BCUT2D eigenvalue weighted by atomic mass is 32.1. The zero-order chi connectivity index (χ0) is 19.1. The number of aromatic nitrogens is 1. The molecule has 2 amide bonds. The van der Waals surface area contributed by atoms with E-state index in [4.69, 9.17) is 4.74 Å². The van der Waals surface area contributed by atoms with Gasteiger partial charge in [-0.05, 0) is 36.2 Å². The van der Waals surface area contributed by atoms with E-state index in [1.165, 1.54) is 11.3 Å². The van der Waals surface area contributed by atoms with Gasteiger partial charge in [0, 0.05) is 29.2 Å². The first-order valence-electron chi connectivity index (χ1n) is 8.38. The zero-order valence-corrected chi connectivity index (χ0v) is 15.6. The van der Waals surface area contributed by atoms with Crippen molar-refractivity contribution in [2.24, 2.45) is 0 Å². The van der Waals surface area contributed by atoms with Gasteiger partial charge in [0.25, 0.3) is 5.91 Å². The second-order valence-corrected chi connectivity index (χ2v) is 6.63. The van der Waals surface area contributed by atoms with Crippen molar-refractivity contribution in [1.29, 1.82) is 0 Å². The van der Waals surface area contributed by atoms with E-state index in [1.807, 2.05) is 24.3 Å². The van der Waals surface area contributed by atoms with Gasteiger partial charge >= 0.3 is 0 Å². The number of rotatable bonds is 7. The number of anilines is 2. The van der Waals surface area contributed by atoms with E-state index in [2.05, 4.69) is 15.6 Å². The average Bonchev–Trinajstić information content (AvgIpc) is 3.20. The lowest BCUT2D eigenvalue weighted by atomic mass is 10.1. The molecule has 0 spiro atoms. The molecule has 7 heteroatoms. The Balaban J connectivity index is 1.58. The molecule has 1 aromatic heterocycles. The van der Waals surface area contributed by atoms with Crippen molar-refractivity contribution in [2.45, 2.75) is 12.8 Å². The third-order valence-electron chi connectivity index (χ3n) is 3.88. The number of aryl methyl sites for hydroxylation is 1. The summed E-state index contributed by atoms with van der Waals surface area (Å²) >= 11 is 1.35. The predicted octanol–water partition coefficient (Wildman–Crippen LogP) is 3.98. The third-order valence-corrected chi connectivity index (χ3v) is 4.56. The number of thiazole rings is 1. The fraction of sp³-hybridized carbons (Fsp3) is 0.150. The van der Waals surface area contributed by atoms with Gasteiger partial charge in [0.15, 0.2) is 5.13 Å². The predicted molar refractivity (Wildman–Crippen MR) is 106 cm³/mol. The van der Waals surface area contributed by atoms with E-state index in [0.717, 1.165) is 11.3 Å². The van der Waals surface area contributed by atoms with Crippen molar-refractivity contribution in [1.82, 2.24) is 4.98 Å². The summed E-state index contributed by atoms with van der Waals surface area (Å²) in [5.41, 5.74) is 2.01. The molecular formula is C20H19N3O3S. The molecule has 0 fully saturated rings. The van der Waals surface area contributed by atoms with E-state index in [0.29, 0.717) is 29.2 Å². The molecule has 2 N–H and O–H groups in total. The molecule has 3 aromatic rings. The molecule has 0 aliphatic rings. The van der Waals surface area contributed by atoms with Crippen LogP contribution in [-0.4, -0.2) is 23.9 Å². The normalized spacial score (nSPS) is 10.3. The molecule has 6 nitrogen and oxygen atoms in total. The van der Waals surface area contributed by atoms with Gasteiger partial charge in [0.2, 0.25) is 5.91 Å².